The molecule has 5 heteroatoms. The molecule has 0 aromatic rings. The smallest absolute Gasteiger partial charge is 0.287 e. The molecule has 0 N–H and O–H groups in total. The van der Waals surface area contributed by atoms with Crippen LogP contribution in [0, 0.1) is 5.92 Å². The van der Waals surface area contributed by atoms with E-state index in [1.165, 1.54) is 0 Å². The maximum atomic E-state index is 12.3. The molecule has 1 unspecified atom stereocenters. The van der Waals surface area contributed by atoms with Gasteiger partial charge in [-0.05, 0) is 18.8 Å². The minimum absolute atomic E-state index is 0.224. The lowest BCUT2D eigenvalue weighted by atomic mass is 10.5. The number of hydrogen-bond donors (Lipinski definition) is 0. The summed E-state index contributed by atoms with van der Waals surface area (Å²) >= 11 is 0. The minimum atomic E-state index is -4.19. The molecule has 0 aromatic heterocycles. The lowest BCUT2D eigenvalue weighted by Crippen LogP contribution is -1.92. The van der Waals surface area contributed by atoms with Crippen LogP contribution in [0.4, 0.5) is 4.20 Å². The van der Waals surface area contributed by atoms with Gasteiger partial charge in [-0.1, -0.05) is 0 Å². The topological polar surface area (TPSA) is 35.5 Å². The first-order valence-electron chi connectivity index (χ1n) is 3.14. The summed E-state index contributed by atoms with van der Waals surface area (Å²) in [5.41, 5.74) is 0. The monoisotopic (exact) mass is 168 g/mol. The Balaban J connectivity index is 2.15. The molecule has 1 rings (SSSR count). The van der Waals surface area contributed by atoms with E-state index in [4.69, 9.17) is 0 Å². The van der Waals surface area contributed by atoms with E-state index >= 15 is 0 Å². The summed E-state index contributed by atoms with van der Waals surface area (Å²) < 4.78 is 31.1. The van der Waals surface area contributed by atoms with Crippen molar-refractivity contribution in [3.8, 4) is 0 Å². The molecule has 1 aliphatic carbocycles. The van der Waals surface area contributed by atoms with Crippen LogP contribution in [-0.4, -0.2) is 13.7 Å². The number of halogens is 1. The summed E-state index contributed by atoms with van der Waals surface area (Å²) in [6.07, 6.45) is 2.09. The second-order valence-corrected chi connectivity index (χ2v) is 3.84. The Bertz CT molecular complexity index is 157. The Morgan fingerprint density at radius 2 is 2.30 bits per heavy atom. The van der Waals surface area contributed by atoms with Gasteiger partial charge in [0.05, 0.1) is 6.61 Å². The second kappa shape index (κ2) is 2.99. The lowest BCUT2D eigenvalue weighted by Gasteiger charge is -2.04. The summed E-state index contributed by atoms with van der Waals surface area (Å²) in [5, 5.41) is 0. The van der Waals surface area contributed by atoms with E-state index in [2.05, 4.69) is 9.05 Å². The van der Waals surface area contributed by atoms with Gasteiger partial charge in [-0.25, -0.2) is 4.57 Å². The molecule has 1 aliphatic rings. The average molecular weight is 168 g/mol. The van der Waals surface area contributed by atoms with Crippen molar-refractivity contribution in [2.24, 2.45) is 5.92 Å². The molecule has 0 heterocycles. The van der Waals surface area contributed by atoms with E-state index in [1.54, 1.807) is 0 Å². The van der Waals surface area contributed by atoms with Crippen molar-refractivity contribution in [2.45, 2.75) is 12.8 Å². The predicted molar refractivity (Wildman–Crippen MR) is 34.4 cm³/mol. The van der Waals surface area contributed by atoms with Crippen molar-refractivity contribution in [1.29, 1.82) is 0 Å². The highest BCUT2D eigenvalue weighted by atomic mass is 31.2. The van der Waals surface area contributed by atoms with Crippen LogP contribution in [0.25, 0.3) is 0 Å². The molecule has 0 spiro atoms. The quantitative estimate of drug-likeness (QED) is 0.603. The van der Waals surface area contributed by atoms with E-state index in [0.717, 1.165) is 20.0 Å². The highest BCUT2D eigenvalue weighted by Crippen LogP contribution is 2.50. The number of hydrogen-bond acceptors (Lipinski definition) is 3. The standard InChI is InChI=1S/C5H10FO3P/c1-8-10(6,7)9-4-5-2-3-5/h5H,2-4H2,1H3. The fourth-order valence-corrected chi connectivity index (χ4v) is 1.03. The molecule has 60 valence electrons. The zero-order valence-electron chi connectivity index (χ0n) is 5.75. The van der Waals surface area contributed by atoms with E-state index in [-0.39, 0.29) is 6.61 Å². The Hall–Kier alpha value is 0.0800. The van der Waals surface area contributed by atoms with Gasteiger partial charge in [0.25, 0.3) is 0 Å². The van der Waals surface area contributed by atoms with Crippen LogP contribution < -0.4 is 0 Å². The van der Waals surface area contributed by atoms with Gasteiger partial charge in [-0.2, -0.15) is 0 Å². The molecule has 0 aliphatic heterocycles. The van der Waals surface area contributed by atoms with Gasteiger partial charge in [0.15, 0.2) is 0 Å². The fraction of sp³-hybridized carbons (Fsp3) is 1.00. The fourth-order valence-electron chi connectivity index (χ4n) is 0.532. The third kappa shape index (κ3) is 2.78. The second-order valence-electron chi connectivity index (χ2n) is 2.35. The van der Waals surface area contributed by atoms with Crippen LogP contribution in [-0.2, 0) is 13.6 Å². The molecule has 0 radical (unpaired) electrons. The molecular formula is C5H10FO3P. The van der Waals surface area contributed by atoms with Crippen molar-refractivity contribution in [1.82, 2.24) is 0 Å². The summed E-state index contributed by atoms with van der Waals surface area (Å²) in [7, 11) is -3.15. The third-order valence-electron chi connectivity index (χ3n) is 1.38. The molecule has 0 bridgehead atoms. The number of rotatable bonds is 4. The normalized spacial score (nSPS) is 24.2. The van der Waals surface area contributed by atoms with Gasteiger partial charge in [-0.3, -0.25) is 9.05 Å². The SMILES string of the molecule is COP(=O)(F)OCC1CC1. The van der Waals surface area contributed by atoms with Crippen LogP contribution in [0.2, 0.25) is 0 Å². The molecule has 0 aromatic carbocycles. The zero-order chi connectivity index (χ0) is 7.61. The van der Waals surface area contributed by atoms with Crippen molar-refractivity contribution < 1.29 is 17.8 Å². The molecule has 0 amide bonds. The van der Waals surface area contributed by atoms with E-state index in [1.807, 2.05) is 0 Å². The Morgan fingerprint density at radius 3 is 2.70 bits per heavy atom. The molecule has 3 nitrogen and oxygen atoms in total. The first-order chi connectivity index (χ1) is 4.64. The summed E-state index contributed by atoms with van der Waals surface area (Å²) in [6.45, 7) is 0.224. The minimum Gasteiger partial charge on any atom is -0.287 e. The Labute approximate surface area is 59.2 Å². The van der Waals surface area contributed by atoms with Crippen molar-refractivity contribution in [3.05, 3.63) is 0 Å². The average Bonchev–Trinajstić information content (AvgIpc) is 2.66. The first-order valence-corrected chi connectivity index (χ1v) is 4.57. The van der Waals surface area contributed by atoms with Gasteiger partial charge in [0.2, 0.25) is 0 Å². The highest BCUT2D eigenvalue weighted by molar-refractivity contribution is 7.48. The maximum absolute atomic E-state index is 12.3. The van der Waals surface area contributed by atoms with Gasteiger partial charge in [0.1, 0.15) is 0 Å². The van der Waals surface area contributed by atoms with Crippen molar-refractivity contribution in [3.63, 3.8) is 0 Å². The van der Waals surface area contributed by atoms with Crippen LogP contribution in [0.15, 0.2) is 0 Å². The molecule has 10 heavy (non-hydrogen) atoms. The van der Waals surface area contributed by atoms with Gasteiger partial charge < -0.3 is 0 Å². The summed E-state index contributed by atoms with van der Waals surface area (Å²) in [5.74, 6) is 0.402. The van der Waals surface area contributed by atoms with Crippen LogP contribution in [0.3, 0.4) is 0 Å². The zero-order valence-corrected chi connectivity index (χ0v) is 6.64. The van der Waals surface area contributed by atoms with Crippen molar-refractivity contribution in [2.75, 3.05) is 13.7 Å². The summed E-state index contributed by atoms with van der Waals surface area (Å²) in [6, 6.07) is 0. The third-order valence-corrected chi connectivity index (χ3v) is 2.27. The molecule has 1 atom stereocenters. The van der Waals surface area contributed by atoms with Crippen LogP contribution >= 0.6 is 7.91 Å². The maximum Gasteiger partial charge on any atom is 0.512 e. The largest absolute Gasteiger partial charge is 0.512 e. The lowest BCUT2D eigenvalue weighted by molar-refractivity contribution is 0.194. The van der Waals surface area contributed by atoms with Gasteiger partial charge in [0, 0.05) is 7.11 Å². The highest BCUT2D eigenvalue weighted by Gasteiger charge is 2.28. The predicted octanol–water partition coefficient (Wildman–Crippen LogP) is 2.14. The van der Waals surface area contributed by atoms with Crippen molar-refractivity contribution >= 4 is 7.91 Å². The first kappa shape index (κ1) is 8.18. The van der Waals surface area contributed by atoms with Crippen LogP contribution in [0.5, 0.6) is 0 Å². The van der Waals surface area contributed by atoms with Gasteiger partial charge >= 0.3 is 7.91 Å². The van der Waals surface area contributed by atoms with E-state index in [9.17, 15) is 8.76 Å². The molecule has 1 fully saturated rings. The molecular weight excluding hydrogens is 158 g/mol. The molecule has 1 saturated carbocycles. The molecule has 0 saturated heterocycles. The van der Waals surface area contributed by atoms with E-state index < -0.39 is 7.91 Å². The van der Waals surface area contributed by atoms with Gasteiger partial charge in [-0.15, -0.1) is 4.20 Å². The Morgan fingerprint density at radius 1 is 1.70 bits per heavy atom. The summed E-state index contributed by atoms with van der Waals surface area (Å²) in [4.78, 5) is 0. The Kier molecular flexibility index (Phi) is 2.45. The van der Waals surface area contributed by atoms with E-state index in [0.29, 0.717) is 5.92 Å². The van der Waals surface area contributed by atoms with Crippen LogP contribution in [0.1, 0.15) is 12.8 Å².